The number of ether oxygens (including phenoxy) is 1. The lowest BCUT2D eigenvalue weighted by atomic mass is 9.86. The van der Waals surface area contributed by atoms with Gasteiger partial charge in [-0.1, -0.05) is 46.8 Å². The van der Waals surface area contributed by atoms with E-state index in [4.69, 9.17) is 4.74 Å². The number of carboxylic acids is 1. The molecule has 0 bridgehead atoms. The lowest BCUT2D eigenvalue weighted by molar-refractivity contribution is -0.142. The number of halogens is 1. The summed E-state index contributed by atoms with van der Waals surface area (Å²) in [6.07, 6.45) is 3.26. The number of carboxylic acid groups (broad SMARTS) is 1. The van der Waals surface area contributed by atoms with Crippen molar-refractivity contribution in [2.24, 2.45) is 5.41 Å². The molecule has 8 nitrogen and oxygen atoms in total. The van der Waals surface area contributed by atoms with Gasteiger partial charge in [-0.15, -0.1) is 0 Å². The number of aromatic nitrogens is 2. The minimum atomic E-state index is -0.962. The third-order valence-corrected chi connectivity index (χ3v) is 6.33. The average Bonchev–Trinajstić information content (AvgIpc) is 2.88. The van der Waals surface area contributed by atoms with E-state index < -0.39 is 23.2 Å². The zero-order valence-corrected chi connectivity index (χ0v) is 22.8. The number of nitrogens with zero attached hydrogens (tertiary/aromatic N) is 3. The van der Waals surface area contributed by atoms with Crippen molar-refractivity contribution < 1.29 is 19.0 Å². The second-order valence-corrected chi connectivity index (χ2v) is 10.1. The molecule has 0 radical (unpaired) electrons. The van der Waals surface area contributed by atoms with Crippen molar-refractivity contribution in [1.82, 2.24) is 20.2 Å². The average molecular weight is 524 g/mol. The number of benzene rings is 2. The van der Waals surface area contributed by atoms with Crippen molar-refractivity contribution >= 4 is 17.6 Å². The van der Waals surface area contributed by atoms with Gasteiger partial charge < -0.3 is 20.1 Å². The zero-order chi connectivity index (χ0) is 27.7. The maximum atomic E-state index is 14.8. The first-order valence-corrected chi connectivity index (χ1v) is 12.9. The molecule has 1 atom stereocenters. The molecule has 3 aromatic rings. The van der Waals surface area contributed by atoms with Crippen LogP contribution in [0.4, 0.5) is 16.0 Å². The van der Waals surface area contributed by atoms with Gasteiger partial charge in [-0.2, -0.15) is 0 Å². The van der Waals surface area contributed by atoms with E-state index in [1.807, 2.05) is 45.0 Å². The van der Waals surface area contributed by atoms with Crippen molar-refractivity contribution in [1.29, 1.82) is 0 Å². The Labute approximate surface area is 224 Å². The van der Waals surface area contributed by atoms with E-state index in [2.05, 4.69) is 39.3 Å². The minimum Gasteiger partial charge on any atom is -0.492 e. The summed E-state index contributed by atoms with van der Waals surface area (Å²) in [6, 6.07) is 11.7. The molecular formula is C29H38FN5O3. The second-order valence-electron chi connectivity index (χ2n) is 10.1. The fraction of sp³-hybridized carbons (Fsp3) is 0.414. The number of carbonyl (C=O) groups is 1. The smallest absolute Gasteiger partial charge is 0.321 e. The highest BCUT2D eigenvalue weighted by molar-refractivity contribution is 5.74. The van der Waals surface area contributed by atoms with Crippen LogP contribution in [0.2, 0.25) is 0 Å². The van der Waals surface area contributed by atoms with Gasteiger partial charge in [-0.25, -0.2) is 14.4 Å². The Morgan fingerprint density at radius 1 is 1.05 bits per heavy atom. The van der Waals surface area contributed by atoms with Gasteiger partial charge in [0.2, 0.25) is 5.95 Å². The summed E-state index contributed by atoms with van der Waals surface area (Å²) in [5, 5.41) is 15.6. The van der Waals surface area contributed by atoms with Crippen molar-refractivity contribution in [2.75, 3.05) is 31.6 Å². The molecule has 0 fully saturated rings. The lowest BCUT2D eigenvalue weighted by Crippen LogP contribution is -2.46. The molecule has 3 N–H and O–H groups in total. The molecule has 204 valence electrons. The number of likely N-dealkylation sites (N-methyl/N-ethyl adjacent to an activating group) is 1. The van der Waals surface area contributed by atoms with Crippen LogP contribution < -0.4 is 15.4 Å². The zero-order valence-electron chi connectivity index (χ0n) is 22.8. The first kappa shape index (κ1) is 29.0. The highest BCUT2D eigenvalue weighted by Crippen LogP contribution is 2.24. The molecule has 0 saturated carbocycles. The highest BCUT2D eigenvalue weighted by Gasteiger charge is 2.30. The van der Waals surface area contributed by atoms with Crippen LogP contribution >= 0.6 is 0 Å². The predicted octanol–water partition coefficient (Wildman–Crippen LogP) is 5.34. The first-order valence-electron chi connectivity index (χ1n) is 12.9. The van der Waals surface area contributed by atoms with E-state index in [1.54, 1.807) is 24.5 Å². The number of hydrogen-bond acceptors (Lipinski definition) is 7. The van der Waals surface area contributed by atoms with Gasteiger partial charge in [0.05, 0.1) is 0 Å². The summed E-state index contributed by atoms with van der Waals surface area (Å²) in [6.45, 7) is 13.4. The maximum absolute atomic E-state index is 14.8. The van der Waals surface area contributed by atoms with E-state index in [9.17, 15) is 14.3 Å². The van der Waals surface area contributed by atoms with Crippen LogP contribution in [-0.4, -0.2) is 58.2 Å². The molecule has 3 rings (SSSR count). The number of hydrogen-bond donors (Lipinski definition) is 3. The summed E-state index contributed by atoms with van der Waals surface area (Å²) in [5.74, 6) is -0.158. The second kappa shape index (κ2) is 13.3. The Kier molecular flexibility index (Phi) is 10.2. The molecule has 1 unspecified atom stereocenters. The van der Waals surface area contributed by atoms with E-state index in [1.165, 1.54) is 6.07 Å². The van der Waals surface area contributed by atoms with Crippen LogP contribution in [0.5, 0.6) is 5.75 Å². The van der Waals surface area contributed by atoms with Crippen LogP contribution in [0.15, 0.2) is 54.9 Å². The predicted molar refractivity (Wildman–Crippen MR) is 148 cm³/mol. The molecule has 1 aromatic heterocycles. The Hall–Kier alpha value is -3.56. The third-order valence-electron chi connectivity index (χ3n) is 6.33. The molecule has 1 heterocycles. The minimum absolute atomic E-state index is 0.111. The topological polar surface area (TPSA) is 99.6 Å². The molecular weight excluding hydrogens is 485 g/mol. The van der Waals surface area contributed by atoms with Crippen LogP contribution in [-0.2, 0) is 11.3 Å². The molecule has 0 aliphatic heterocycles. The highest BCUT2D eigenvalue weighted by atomic mass is 19.1. The van der Waals surface area contributed by atoms with Gasteiger partial charge in [0, 0.05) is 42.3 Å². The SMILES string of the molecule is CCN(CC)CCOc1ccc(Nc2ncc(-c3ccc(CNC(C(=O)O)C(C)(C)C)c(F)c3)cn2)cc1. The molecule has 0 aliphatic carbocycles. The largest absolute Gasteiger partial charge is 0.492 e. The number of rotatable bonds is 13. The Balaban J connectivity index is 1.57. The van der Waals surface area contributed by atoms with Crippen LogP contribution in [0.3, 0.4) is 0 Å². The number of anilines is 2. The van der Waals surface area contributed by atoms with Crippen molar-refractivity contribution in [2.45, 2.75) is 47.2 Å². The Morgan fingerprint density at radius 2 is 1.71 bits per heavy atom. The lowest BCUT2D eigenvalue weighted by Gasteiger charge is -2.28. The van der Waals surface area contributed by atoms with Crippen molar-refractivity contribution in [3.8, 4) is 16.9 Å². The van der Waals surface area contributed by atoms with E-state index in [0.717, 1.165) is 31.1 Å². The van der Waals surface area contributed by atoms with Crippen molar-refractivity contribution in [3.05, 3.63) is 66.2 Å². The van der Waals surface area contributed by atoms with Crippen LogP contribution in [0, 0.1) is 11.2 Å². The van der Waals surface area contributed by atoms with Gasteiger partial charge in [-0.3, -0.25) is 10.1 Å². The van der Waals surface area contributed by atoms with E-state index >= 15 is 0 Å². The summed E-state index contributed by atoms with van der Waals surface area (Å²) < 4.78 is 20.6. The Morgan fingerprint density at radius 3 is 2.26 bits per heavy atom. The summed E-state index contributed by atoms with van der Waals surface area (Å²) in [5.41, 5.74) is 2.02. The molecule has 2 aromatic carbocycles. The maximum Gasteiger partial charge on any atom is 0.321 e. The fourth-order valence-electron chi connectivity index (χ4n) is 3.98. The van der Waals surface area contributed by atoms with Gasteiger partial charge in [0.15, 0.2) is 0 Å². The van der Waals surface area contributed by atoms with Gasteiger partial charge in [0.1, 0.15) is 24.2 Å². The van der Waals surface area contributed by atoms with Gasteiger partial charge >= 0.3 is 5.97 Å². The van der Waals surface area contributed by atoms with E-state index in [0.29, 0.717) is 29.2 Å². The Bertz CT molecular complexity index is 1180. The molecule has 38 heavy (non-hydrogen) atoms. The normalized spacial score (nSPS) is 12.4. The first-order chi connectivity index (χ1) is 18.1. The quantitative estimate of drug-likeness (QED) is 0.276. The van der Waals surface area contributed by atoms with Crippen molar-refractivity contribution in [3.63, 3.8) is 0 Å². The monoisotopic (exact) mass is 523 g/mol. The van der Waals surface area contributed by atoms with Gasteiger partial charge in [-0.05, 0) is 54.4 Å². The molecule has 9 heteroatoms. The van der Waals surface area contributed by atoms with E-state index in [-0.39, 0.29) is 6.54 Å². The summed E-state index contributed by atoms with van der Waals surface area (Å²) >= 11 is 0. The molecule has 0 saturated heterocycles. The standard InChI is InChI=1S/C29H38FN5O3/c1-6-35(7-2)14-15-38-24-12-10-23(11-13-24)34-28-32-18-22(19-33-28)20-8-9-21(25(30)16-20)17-31-26(27(36)37)29(3,4)5/h8-13,16,18-19,26,31H,6-7,14-15,17H2,1-5H3,(H,36,37)(H,32,33,34). The molecule has 0 amide bonds. The molecule has 0 aliphatic rings. The van der Waals surface area contributed by atoms with Crippen LogP contribution in [0.25, 0.3) is 11.1 Å². The third kappa shape index (κ3) is 8.22. The fourth-order valence-corrected chi connectivity index (χ4v) is 3.98. The van der Waals surface area contributed by atoms with Gasteiger partial charge in [0.25, 0.3) is 0 Å². The number of nitrogens with one attached hydrogen (secondary N) is 2. The molecule has 0 spiro atoms. The summed E-state index contributed by atoms with van der Waals surface area (Å²) in [4.78, 5) is 22.6. The number of aliphatic carboxylic acids is 1. The van der Waals surface area contributed by atoms with Crippen LogP contribution in [0.1, 0.15) is 40.2 Å². The summed E-state index contributed by atoms with van der Waals surface area (Å²) in [7, 11) is 0.